The maximum Gasteiger partial charge on any atom is 0.169 e. The summed E-state index contributed by atoms with van der Waals surface area (Å²) < 4.78 is 33.6. The molecule has 0 unspecified atom stereocenters. The number of aryl methyl sites for hydroxylation is 1. The number of aromatic nitrogens is 1. The molecule has 24 heavy (non-hydrogen) atoms. The van der Waals surface area contributed by atoms with Crippen LogP contribution in [-0.2, 0) is 16.7 Å². The molecule has 6 nitrogen and oxygen atoms in total. The molecular weight excluding hydrogens is 326 g/mol. The van der Waals surface area contributed by atoms with E-state index in [9.17, 15) is 13.0 Å². The molecule has 2 aromatic rings. The van der Waals surface area contributed by atoms with Gasteiger partial charge in [0.15, 0.2) is 12.4 Å². The van der Waals surface area contributed by atoms with Gasteiger partial charge in [0.1, 0.15) is 6.54 Å². The Morgan fingerprint density at radius 2 is 1.79 bits per heavy atom. The maximum absolute atomic E-state index is 10.6. The van der Waals surface area contributed by atoms with E-state index in [1.165, 1.54) is 0 Å². The first kappa shape index (κ1) is 18.1. The minimum absolute atomic E-state index is 0.305. The molecule has 0 bridgehead atoms. The Morgan fingerprint density at radius 1 is 1.17 bits per heavy atom. The second-order valence-corrected chi connectivity index (χ2v) is 7.01. The zero-order chi connectivity index (χ0) is 17.6. The van der Waals surface area contributed by atoms with Crippen LogP contribution in [0.1, 0.15) is 18.9 Å². The van der Waals surface area contributed by atoms with Gasteiger partial charge in [-0.2, -0.15) is 5.10 Å². The van der Waals surface area contributed by atoms with Crippen LogP contribution in [-0.4, -0.2) is 31.5 Å². The summed E-state index contributed by atoms with van der Waals surface area (Å²) in [5.74, 6) is -0.343. The molecule has 0 aliphatic rings. The molecule has 1 aromatic heterocycles. The summed E-state index contributed by atoms with van der Waals surface area (Å²) in [7, 11) is -2.25. The fourth-order valence-corrected chi connectivity index (χ4v) is 2.74. The monoisotopic (exact) mass is 347 g/mol. The minimum Gasteiger partial charge on any atom is -0.748 e. The molecule has 0 radical (unpaired) electrons. The van der Waals surface area contributed by atoms with Crippen molar-refractivity contribution in [2.24, 2.45) is 5.10 Å². The molecule has 128 valence electrons. The highest BCUT2D eigenvalue weighted by atomic mass is 32.2. The summed E-state index contributed by atoms with van der Waals surface area (Å²) in [5, 5.41) is 6.38. The molecule has 0 amide bonds. The molecule has 7 heteroatoms. The van der Waals surface area contributed by atoms with Gasteiger partial charge in [-0.1, -0.05) is 18.2 Å². The second kappa shape index (κ2) is 8.03. The largest absolute Gasteiger partial charge is 0.748 e. The number of benzene rings is 1. The van der Waals surface area contributed by atoms with E-state index in [-0.39, 0.29) is 5.75 Å². The number of rotatable bonds is 7. The Morgan fingerprint density at radius 3 is 2.38 bits per heavy atom. The van der Waals surface area contributed by atoms with E-state index in [4.69, 9.17) is 0 Å². The molecule has 0 fully saturated rings. The Labute approximate surface area is 142 Å². The van der Waals surface area contributed by atoms with E-state index in [1.807, 2.05) is 78.4 Å². The summed E-state index contributed by atoms with van der Waals surface area (Å²) in [4.78, 5) is 0. The van der Waals surface area contributed by atoms with Gasteiger partial charge in [-0.25, -0.2) is 13.0 Å². The zero-order valence-corrected chi connectivity index (χ0v) is 14.6. The molecule has 1 heterocycles. The molecular formula is C17H21N3O3S. The Balaban J connectivity index is 2.00. The summed E-state index contributed by atoms with van der Waals surface area (Å²) in [6.45, 7) is 2.42. The van der Waals surface area contributed by atoms with Gasteiger partial charge in [-0.05, 0) is 19.1 Å². The Bertz CT molecular complexity index is 788. The van der Waals surface area contributed by atoms with Gasteiger partial charge >= 0.3 is 0 Å². The predicted molar refractivity (Wildman–Crippen MR) is 92.9 cm³/mol. The van der Waals surface area contributed by atoms with Gasteiger partial charge < -0.3 is 4.55 Å². The van der Waals surface area contributed by atoms with Crippen LogP contribution in [0, 0.1) is 0 Å². The van der Waals surface area contributed by atoms with Crippen LogP contribution in [0.3, 0.4) is 0 Å². The highest BCUT2D eigenvalue weighted by Crippen LogP contribution is 2.12. The lowest BCUT2D eigenvalue weighted by molar-refractivity contribution is -0.696. The molecule has 0 saturated carbocycles. The average molecular weight is 347 g/mol. The third-order valence-corrected chi connectivity index (χ3v) is 4.34. The van der Waals surface area contributed by atoms with Crippen molar-refractivity contribution in [1.29, 1.82) is 0 Å². The van der Waals surface area contributed by atoms with Gasteiger partial charge in [0.2, 0.25) is 0 Å². The average Bonchev–Trinajstić information content (AvgIpc) is 2.55. The fourth-order valence-electron chi connectivity index (χ4n) is 2.26. The van der Waals surface area contributed by atoms with Crippen LogP contribution >= 0.6 is 0 Å². The van der Waals surface area contributed by atoms with Crippen molar-refractivity contribution in [3.63, 3.8) is 0 Å². The first-order valence-electron chi connectivity index (χ1n) is 7.62. The van der Waals surface area contributed by atoms with Crippen LogP contribution in [0.4, 0.5) is 5.69 Å². The first-order chi connectivity index (χ1) is 11.3. The zero-order valence-electron chi connectivity index (χ0n) is 13.8. The van der Waals surface area contributed by atoms with Crippen LogP contribution in [0.2, 0.25) is 0 Å². The van der Waals surface area contributed by atoms with Crippen molar-refractivity contribution in [1.82, 2.24) is 0 Å². The number of para-hydroxylation sites is 1. The highest BCUT2D eigenvalue weighted by Gasteiger charge is 2.06. The van der Waals surface area contributed by atoms with Crippen molar-refractivity contribution in [3.05, 3.63) is 60.4 Å². The number of hydrogen-bond acceptors (Lipinski definition) is 5. The van der Waals surface area contributed by atoms with Gasteiger partial charge in [0.25, 0.3) is 0 Å². The lowest BCUT2D eigenvalue weighted by atomic mass is 10.2. The van der Waals surface area contributed by atoms with Gasteiger partial charge in [0, 0.05) is 36.9 Å². The number of anilines is 1. The van der Waals surface area contributed by atoms with Crippen molar-refractivity contribution in [2.75, 3.05) is 17.8 Å². The number of nitrogens with zero attached hydrogens (tertiary/aromatic N) is 3. The van der Waals surface area contributed by atoms with Crippen molar-refractivity contribution in [3.8, 4) is 0 Å². The standard InChI is InChI=1S/C17H21N3O3S/c1-15(18-19(2)17-7-4-3-5-8-17)16-9-12-20(13-10-16)11-6-14-24(21,22)23/h3-5,7-10,12-13H,6,11,14H2,1-2H3. The highest BCUT2D eigenvalue weighted by molar-refractivity contribution is 7.85. The molecule has 0 saturated heterocycles. The molecule has 2 rings (SSSR count). The molecule has 0 aliphatic carbocycles. The van der Waals surface area contributed by atoms with Crippen molar-refractivity contribution < 1.29 is 17.5 Å². The smallest absolute Gasteiger partial charge is 0.169 e. The predicted octanol–water partition coefficient (Wildman–Crippen LogP) is 1.77. The molecule has 1 aromatic carbocycles. The van der Waals surface area contributed by atoms with E-state index in [1.54, 1.807) is 0 Å². The maximum atomic E-state index is 10.6. The van der Waals surface area contributed by atoms with Gasteiger partial charge in [-0.3, -0.25) is 5.01 Å². The van der Waals surface area contributed by atoms with Crippen molar-refractivity contribution >= 4 is 21.5 Å². The van der Waals surface area contributed by atoms with Crippen LogP contribution in [0.25, 0.3) is 0 Å². The van der Waals surface area contributed by atoms with E-state index < -0.39 is 10.1 Å². The lowest BCUT2D eigenvalue weighted by Crippen LogP contribution is -2.33. The van der Waals surface area contributed by atoms with E-state index in [0.29, 0.717) is 13.0 Å². The van der Waals surface area contributed by atoms with Gasteiger partial charge in [0.05, 0.1) is 21.5 Å². The van der Waals surface area contributed by atoms with E-state index in [2.05, 4.69) is 5.10 Å². The third kappa shape index (κ3) is 5.75. The van der Waals surface area contributed by atoms with Crippen molar-refractivity contribution in [2.45, 2.75) is 19.9 Å². The van der Waals surface area contributed by atoms with Gasteiger partial charge in [-0.15, -0.1) is 0 Å². The normalized spacial score (nSPS) is 12.2. The summed E-state index contributed by atoms with van der Waals surface area (Å²) >= 11 is 0. The Kier molecular flexibility index (Phi) is 6.05. The van der Waals surface area contributed by atoms with Crippen LogP contribution in [0.15, 0.2) is 60.0 Å². The van der Waals surface area contributed by atoms with E-state index >= 15 is 0 Å². The molecule has 0 aliphatic heterocycles. The van der Waals surface area contributed by atoms with Crippen LogP contribution in [0.5, 0.6) is 0 Å². The summed E-state index contributed by atoms with van der Waals surface area (Å²) in [5.41, 5.74) is 2.85. The summed E-state index contributed by atoms with van der Waals surface area (Å²) in [6.07, 6.45) is 4.02. The first-order valence-corrected chi connectivity index (χ1v) is 9.20. The fraction of sp³-hybridized carbons (Fsp3) is 0.294. The minimum atomic E-state index is -4.14. The third-order valence-electron chi connectivity index (χ3n) is 3.55. The van der Waals surface area contributed by atoms with E-state index in [0.717, 1.165) is 17.0 Å². The number of hydrogen-bond donors (Lipinski definition) is 0. The number of hydrazone groups is 1. The SMILES string of the molecule is C/C(=N/N(C)c1ccccc1)c1cc[n+](CCCS(=O)(=O)[O-])cc1. The Hall–Kier alpha value is -2.25. The molecule has 0 spiro atoms. The second-order valence-electron chi connectivity index (χ2n) is 5.48. The molecule has 0 N–H and O–H groups in total. The summed E-state index contributed by atoms with van der Waals surface area (Å²) in [6, 6.07) is 13.7. The molecule has 0 atom stereocenters. The quantitative estimate of drug-likeness (QED) is 0.331. The lowest BCUT2D eigenvalue weighted by Gasteiger charge is -2.14. The number of pyridine rings is 1. The topological polar surface area (TPSA) is 76.7 Å². The van der Waals surface area contributed by atoms with Crippen LogP contribution < -0.4 is 9.58 Å².